The van der Waals surface area contributed by atoms with Crippen LogP contribution in [-0.4, -0.2) is 32.4 Å². The van der Waals surface area contributed by atoms with E-state index in [-0.39, 0.29) is 11.8 Å². The predicted octanol–water partition coefficient (Wildman–Crippen LogP) is 4.91. The zero-order chi connectivity index (χ0) is 24.0. The van der Waals surface area contributed by atoms with Gasteiger partial charge >= 0.3 is 12.4 Å². The molecule has 2 fully saturated rings. The molecule has 0 aromatic heterocycles. The van der Waals surface area contributed by atoms with Gasteiger partial charge in [0, 0.05) is 25.7 Å². The van der Waals surface area contributed by atoms with Gasteiger partial charge in [0.1, 0.15) is 0 Å². The second-order valence-corrected chi connectivity index (χ2v) is 10.4. The summed E-state index contributed by atoms with van der Waals surface area (Å²) in [5.41, 5.74) is -1.24. The zero-order valence-electron chi connectivity index (χ0n) is 17.3. The molecular formula is C22H22F6N2O2S. The quantitative estimate of drug-likeness (QED) is 0.604. The van der Waals surface area contributed by atoms with E-state index in [2.05, 4.69) is 4.72 Å². The molecule has 1 saturated carbocycles. The number of benzene rings is 2. The summed E-state index contributed by atoms with van der Waals surface area (Å²) in [6.07, 6.45) is -7.78. The molecule has 2 aromatic rings. The molecule has 2 aromatic carbocycles. The van der Waals surface area contributed by atoms with Crippen molar-refractivity contribution in [2.24, 2.45) is 11.8 Å². The smallest absolute Gasteiger partial charge is 0.298 e. The third-order valence-corrected chi connectivity index (χ3v) is 7.86. The van der Waals surface area contributed by atoms with Gasteiger partial charge in [0.25, 0.3) is 0 Å². The Morgan fingerprint density at radius 3 is 2.18 bits per heavy atom. The first-order valence-corrected chi connectivity index (χ1v) is 11.9. The van der Waals surface area contributed by atoms with E-state index in [1.54, 1.807) is 6.07 Å². The lowest BCUT2D eigenvalue weighted by Crippen LogP contribution is -2.39. The molecule has 0 radical (unpaired) electrons. The van der Waals surface area contributed by atoms with Crippen LogP contribution < -0.4 is 4.72 Å². The number of alkyl halides is 6. The fourth-order valence-electron chi connectivity index (χ4n) is 4.84. The minimum atomic E-state index is -4.65. The molecule has 4 rings (SSSR count). The lowest BCUT2D eigenvalue weighted by molar-refractivity contribution is -0.138. The van der Waals surface area contributed by atoms with Crippen molar-refractivity contribution in [3.8, 4) is 0 Å². The van der Waals surface area contributed by atoms with Crippen LogP contribution in [0.2, 0.25) is 0 Å². The van der Waals surface area contributed by atoms with Gasteiger partial charge in [0.15, 0.2) is 0 Å². The third kappa shape index (κ3) is 5.36. The summed E-state index contributed by atoms with van der Waals surface area (Å²) in [5.74, 6) is 0.112. The van der Waals surface area contributed by atoms with Crippen molar-refractivity contribution in [2.45, 2.75) is 42.7 Å². The number of hydrogen-bond acceptors (Lipinski definition) is 3. The highest BCUT2D eigenvalue weighted by atomic mass is 32.2. The summed E-state index contributed by atoms with van der Waals surface area (Å²) in [6, 6.07) is 8.28. The summed E-state index contributed by atoms with van der Waals surface area (Å²) in [6.45, 7) is 1.43. The van der Waals surface area contributed by atoms with Crippen molar-refractivity contribution in [2.75, 3.05) is 13.1 Å². The van der Waals surface area contributed by atoms with Gasteiger partial charge in [-0.15, -0.1) is 0 Å². The molecule has 0 amide bonds. The SMILES string of the molecule is O=S(=O)(N[C@H]1CC[C@H]2CN(Cc3cccc(C(F)(F)F)c3)C[C@H]21)c1cccc(C(F)(F)F)c1. The lowest BCUT2D eigenvalue weighted by atomic mass is 9.98. The van der Waals surface area contributed by atoms with Crippen LogP contribution in [0.5, 0.6) is 0 Å². The van der Waals surface area contributed by atoms with Crippen LogP contribution in [0.4, 0.5) is 26.3 Å². The van der Waals surface area contributed by atoms with Crippen molar-refractivity contribution in [3.63, 3.8) is 0 Å². The van der Waals surface area contributed by atoms with Gasteiger partial charge < -0.3 is 0 Å². The van der Waals surface area contributed by atoms with Gasteiger partial charge in [-0.05, 0) is 54.5 Å². The van der Waals surface area contributed by atoms with Gasteiger partial charge in [-0.1, -0.05) is 24.3 Å². The number of nitrogens with zero attached hydrogens (tertiary/aromatic N) is 1. The Kier molecular flexibility index (Phi) is 6.25. The van der Waals surface area contributed by atoms with Crippen molar-refractivity contribution < 1.29 is 34.8 Å². The maximum Gasteiger partial charge on any atom is 0.416 e. The van der Waals surface area contributed by atoms with Crippen LogP contribution in [0.25, 0.3) is 0 Å². The molecule has 1 aliphatic carbocycles. The van der Waals surface area contributed by atoms with Gasteiger partial charge in [-0.25, -0.2) is 13.1 Å². The van der Waals surface area contributed by atoms with Gasteiger partial charge in [0.2, 0.25) is 10.0 Å². The number of halogens is 6. The molecule has 1 saturated heterocycles. The minimum absolute atomic E-state index is 0.0589. The van der Waals surface area contributed by atoms with E-state index >= 15 is 0 Å². The Bertz CT molecular complexity index is 1120. The average Bonchev–Trinajstić information content (AvgIpc) is 3.28. The van der Waals surface area contributed by atoms with Crippen molar-refractivity contribution >= 4 is 10.0 Å². The van der Waals surface area contributed by atoms with Crippen LogP contribution in [0.1, 0.15) is 29.5 Å². The maximum atomic E-state index is 13.0. The molecule has 0 unspecified atom stereocenters. The summed E-state index contributed by atoms with van der Waals surface area (Å²) in [4.78, 5) is 1.55. The fourth-order valence-corrected chi connectivity index (χ4v) is 6.21. The van der Waals surface area contributed by atoms with Crippen LogP contribution >= 0.6 is 0 Å². The summed E-state index contributed by atoms with van der Waals surface area (Å²) >= 11 is 0. The number of rotatable bonds is 5. The molecule has 1 heterocycles. The molecule has 3 atom stereocenters. The lowest BCUT2D eigenvalue weighted by Gasteiger charge is -2.22. The van der Waals surface area contributed by atoms with Crippen LogP contribution in [0.15, 0.2) is 53.4 Å². The standard InChI is InChI=1S/C22H22F6N2O2S/c23-21(24,25)16-4-1-3-14(9-16)11-30-12-15-7-8-20(19(15)13-30)29-33(31,32)18-6-2-5-17(10-18)22(26,27)28/h1-6,9-10,15,19-20,29H,7-8,11-13H2/t15-,19+,20-/m0/s1. The van der Waals surface area contributed by atoms with Gasteiger partial charge in [-0.2, -0.15) is 26.3 Å². The largest absolute Gasteiger partial charge is 0.416 e. The monoisotopic (exact) mass is 492 g/mol. The van der Waals surface area contributed by atoms with E-state index in [4.69, 9.17) is 0 Å². The maximum absolute atomic E-state index is 13.0. The molecule has 0 bridgehead atoms. The zero-order valence-corrected chi connectivity index (χ0v) is 18.1. The molecule has 4 nitrogen and oxygen atoms in total. The number of hydrogen-bond donors (Lipinski definition) is 1. The normalized spacial score (nSPS) is 24.2. The Labute approximate surface area is 187 Å². The van der Waals surface area contributed by atoms with Crippen LogP contribution in [0, 0.1) is 11.8 Å². The van der Waals surface area contributed by atoms with E-state index in [0.717, 1.165) is 36.8 Å². The highest BCUT2D eigenvalue weighted by Crippen LogP contribution is 2.40. The predicted molar refractivity (Wildman–Crippen MR) is 108 cm³/mol. The minimum Gasteiger partial charge on any atom is -0.298 e. The summed E-state index contributed by atoms with van der Waals surface area (Å²) < 4.78 is 106. The van der Waals surface area contributed by atoms with E-state index in [9.17, 15) is 34.8 Å². The van der Waals surface area contributed by atoms with E-state index < -0.39 is 44.4 Å². The molecule has 1 N–H and O–H groups in total. The summed E-state index contributed by atoms with van der Waals surface area (Å²) in [5, 5.41) is 0. The number of sulfonamides is 1. The molecule has 0 spiro atoms. The molecule has 33 heavy (non-hydrogen) atoms. The number of likely N-dealkylation sites (tertiary alicyclic amines) is 1. The molecule has 2 aliphatic rings. The Morgan fingerprint density at radius 2 is 1.52 bits per heavy atom. The van der Waals surface area contributed by atoms with E-state index in [1.165, 1.54) is 6.07 Å². The number of nitrogens with one attached hydrogen (secondary N) is 1. The molecule has 11 heteroatoms. The molecular weight excluding hydrogens is 470 g/mol. The Morgan fingerprint density at radius 1 is 0.879 bits per heavy atom. The second-order valence-electron chi connectivity index (χ2n) is 8.65. The van der Waals surface area contributed by atoms with Crippen LogP contribution in [-0.2, 0) is 28.9 Å². The highest BCUT2D eigenvalue weighted by molar-refractivity contribution is 7.89. The van der Waals surface area contributed by atoms with E-state index in [0.29, 0.717) is 37.7 Å². The van der Waals surface area contributed by atoms with Crippen molar-refractivity contribution in [1.82, 2.24) is 9.62 Å². The van der Waals surface area contributed by atoms with Crippen LogP contribution in [0.3, 0.4) is 0 Å². The van der Waals surface area contributed by atoms with Crippen molar-refractivity contribution in [1.29, 1.82) is 0 Å². The summed E-state index contributed by atoms with van der Waals surface area (Å²) in [7, 11) is -4.16. The molecule has 180 valence electrons. The molecule has 1 aliphatic heterocycles. The number of fused-ring (bicyclic) bond motifs is 1. The Balaban J connectivity index is 1.43. The first kappa shape index (κ1) is 24.0. The van der Waals surface area contributed by atoms with Gasteiger partial charge in [0.05, 0.1) is 16.0 Å². The van der Waals surface area contributed by atoms with Crippen molar-refractivity contribution in [3.05, 3.63) is 65.2 Å². The Hall–Kier alpha value is -2.11. The second kappa shape index (κ2) is 8.59. The first-order chi connectivity index (χ1) is 15.3. The third-order valence-electron chi connectivity index (χ3n) is 6.37. The van der Waals surface area contributed by atoms with E-state index in [1.807, 2.05) is 4.90 Å². The average molecular weight is 492 g/mol. The van der Waals surface area contributed by atoms with Gasteiger partial charge in [-0.3, -0.25) is 4.90 Å². The highest BCUT2D eigenvalue weighted by Gasteiger charge is 2.44. The first-order valence-electron chi connectivity index (χ1n) is 10.4. The fraction of sp³-hybridized carbons (Fsp3) is 0.455. The topological polar surface area (TPSA) is 49.4 Å².